The monoisotopic (exact) mass is 290 g/mol. The molecule has 4 aliphatic carbocycles. The molecule has 0 atom stereocenters. The fourth-order valence-electron chi connectivity index (χ4n) is 6.74. The van der Waals surface area contributed by atoms with Crippen LogP contribution in [0.1, 0.15) is 57.8 Å². The van der Waals surface area contributed by atoms with E-state index < -0.39 is 0 Å². The van der Waals surface area contributed by atoms with Crippen LogP contribution in [0, 0.1) is 29.1 Å². The maximum Gasteiger partial charge on any atom is 0.00383 e. The van der Waals surface area contributed by atoms with Crippen molar-refractivity contribution in [3.8, 4) is 0 Å². The fourth-order valence-corrected chi connectivity index (χ4v) is 6.74. The molecule has 5 aliphatic rings. The summed E-state index contributed by atoms with van der Waals surface area (Å²) in [6.07, 6.45) is 13.8. The van der Waals surface area contributed by atoms with E-state index >= 15 is 0 Å². The summed E-state index contributed by atoms with van der Waals surface area (Å²) >= 11 is 0. The van der Waals surface area contributed by atoms with E-state index in [0.717, 1.165) is 29.1 Å². The van der Waals surface area contributed by atoms with Gasteiger partial charge in [0.25, 0.3) is 0 Å². The first-order valence-electron chi connectivity index (χ1n) is 9.62. The van der Waals surface area contributed by atoms with Crippen LogP contribution in [-0.4, -0.2) is 38.1 Å². The molecule has 0 amide bonds. The molecule has 120 valence electrons. The van der Waals surface area contributed by atoms with Crippen molar-refractivity contribution in [3.05, 3.63) is 0 Å². The zero-order valence-corrected chi connectivity index (χ0v) is 13.9. The van der Waals surface area contributed by atoms with Crippen LogP contribution >= 0.6 is 0 Å². The van der Waals surface area contributed by atoms with Crippen molar-refractivity contribution in [2.45, 2.75) is 57.8 Å². The van der Waals surface area contributed by atoms with E-state index in [9.17, 15) is 0 Å². The molecule has 2 heteroatoms. The number of piperidine rings is 1. The van der Waals surface area contributed by atoms with Crippen molar-refractivity contribution < 1.29 is 0 Å². The first-order chi connectivity index (χ1) is 10.2. The highest BCUT2D eigenvalue weighted by Crippen LogP contribution is 2.60. The highest BCUT2D eigenvalue weighted by atomic mass is 15.1. The Hall–Kier alpha value is -0.0800. The molecule has 0 unspecified atom stereocenters. The summed E-state index contributed by atoms with van der Waals surface area (Å²) in [5.74, 6) is 4.34. The largest absolute Gasteiger partial charge is 0.320 e. The lowest BCUT2D eigenvalue weighted by atomic mass is 9.49. The molecule has 0 aromatic carbocycles. The Labute approximate surface area is 131 Å². The standard InChI is InChI=1S/C19H34N2/c1-20-5-2-15-3-6-21(7-4-15)14-19-11-16-8-17(12-19)10-18(9-16)13-19/h15-18,20H,2-14H2,1H3. The van der Waals surface area contributed by atoms with Gasteiger partial charge in [-0.3, -0.25) is 0 Å². The molecular formula is C19H34N2. The Morgan fingerprint density at radius 3 is 2.05 bits per heavy atom. The first-order valence-corrected chi connectivity index (χ1v) is 9.62. The van der Waals surface area contributed by atoms with Crippen molar-refractivity contribution in [1.82, 2.24) is 10.2 Å². The van der Waals surface area contributed by atoms with Crippen LogP contribution in [0.5, 0.6) is 0 Å². The molecule has 1 N–H and O–H groups in total. The molecule has 5 fully saturated rings. The molecular weight excluding hydrogens is 256 g/mol. The van der Waals surface area contributed by atoms with E-state index in [1.165, 1.54) is 45.4 Å². The van der Waals surface area contributed by atoms with E-state index in [4.69, 9.17) is 0 Å². The quantitative estimate of drug-likeness (QED) is 0.833. The third kappa shape index (κ3) is 3.03. The van der Waals surface area contributed by atoms with Crippen molar-refractivity contribution >= 4 is 0 Å². The maximum absolute atomic E-state index is 3.32. The van der Waals surface area contributed by atoms with Gasteiger partial charge in [0.15, 0.2) is 0 Å². The van der Waals surface area contributed by atoms with Crippen molar-refractivity contribution in [2.24, 2.45) is 29.1 Å². The predicted octanol–water partition coefficient (Wildman–Crippen LogP) is 3.52. The molecule has 0 aromatic rings. The summed E-state index contributed by atoms with van der Waals surface area (Å²) in [4.78, 5) is 2.85. The van der Waals surface area contributed by atoms with E-state index in [-0.39, 0.29) is 0 Å². The predicted molar refractivity (Wildman–Crippen MR) is 88.3 cm³/mol. The average Bonchev–Trinajstić information content (AvgIpc) is 2.45. The molecule has 21 heavy (non-hydrogen) atoms. The number of hydrogen-bond acceptors (Lipinski definition) is 2. The van der Waals surface area contributed by atoms with Gasteiger partial charge in [-0.05, 0) is 114 Å². The normalized spacial score (nSPS) is 43.6. The zero-order valence-electron chi connectivity index (χ0n) is 13.9. The summed E-state index contributed by atoms with van der Waals surface area (Å²) in [5.41, 5.74) is 0.757. The van der Waals surface area contributed by atoms with Crippen molar-refractivity contribution in [3.63, 3.8) is 0 Å². The van der Waals surface area contributed by atoms with Crippen LogP contribution in [-0.2, 0) is 0 Å². The second kappa shape index (κ2) is 5.85. The zero-order chi connectivity index (χ0) is 14.3. The number of nitrogens with zero attached hydrogens (tertiary/aromatic N) is 1. The molecule has 1 aliphatic heterocycles. The highest BCUT2D eigenvalue weighted by Gasteiger charge is 2.51. The number of rotatable bonds is 5. The van der Waals surface area contributed by atoms with Gasteiger partial charge in [-0.1, -0.05) is 0 Å². The van der Waals surface area contributed by atoms with Crippen LogP contribution in [0.2, 0.25) is 0 Å². The molecule has 4 saturated carbocycles. The molecule has 5 rings (SSSR count). The van der Waals surface area contributed by atoms with Crippen LogP contribution in [0.4, 0.5) is 0 Å². The van der Waals surface area contributed by atoms with E-state index in [1.807, 2.05) is 0 Å². The van der Waals surface area contributed by atoms with E-state index in [1.54, 1.807) is 38.5 Å². The molecule has 2 nitrogen and oxygen atoms in total. The molecule has 4 bridgehead atoms. The summed E-state index contributed by atoms with van der Waals surface area (Å²) < 4.78 is 0. The van der Waals surface area contributed by atoms with Crippen LogP contribution < -0.4 is 5.32 Å². The minimum Gasteiger partial charge on any atom is -0.320 e. The molecule has 1 heterocycles. The lowest BCUT2D eigenvalue weighted by molar-refractivity contribution is -0.0724. The van der Waals surface area contributed by atoms with Gasteiger partial charge in [0.2, 0.25) is 0 Å². The summed E-state index contributed by atoms with van der Waals surface area (Å²) in [5, 5.41) is 3.32. The minimum absolute atomic E-state index is 0.757. The van der Waals surface area contributed by atoms with Gasteiger partial charge in [0.1, 0.15) is 0 Å². The number of nitrogens with one attached hydrogen (secondary N) is 1. The topological polar surface area (TPSA) is 15.3 Å². The minimum atomic E-state index is 0.757. The second-order valence-electron chi connectivity index (χ2n) is 9.03. The van der Waals surface area contributed by atoms with Gasteiger partial charge in [-0.2, -0.15) is 0 Å². The Balaban J connectivity index is 1.31. The van der Waals surface area contributed by atoms with Crippen LogP contribution in [0.15, 0.2) is 0 Å². The fraction of sp³-hybridized carbons (Fsp3) is 1.00. The SMILES string of the molecule is CNCCC1CCN(CC23CC4CC(CC(C4)C2)C3)CC1. The van der Waals surface area contributed by atoms with E-state index in [2.05, 4.69) is 17.3 Å². The third-order valence-electron chi connectivity index (χ3n) is 7.23. The number of likely N-dealkylation sites (tertiary alicyclic amines) is 1. The number of hydrogen-bond donors (Lipinski definition) is 1. The first kappa shape index (κ1) is 14.5. The van der Waals surface area contributed by atoms with Gasteiger partial charge in [0.05, 0.1) is 0 Å². The van der Waals surface area contributed by atoms with Gasteiger partial charge in [0, 0.05) is 6.54 Å². The third-order valence-corrected chi connectivity index (χ3v) is 7.23. The Bertz CT molecular complexity index is 321. The molecule has 0 radical (unpaired) electrons. The van der Waals surface area contributed by atoms with Crippen LogP contribution in [0.3, 0.4) is 0 Å². The Morgan fingerprint density at radius 1 is 0.952 bits per heavy atom. The Kier molecular flexibility index (Phi) is 4.04. The van der Waals surface area contributed by atoms with Gasteiger partial charge in [-0.25, -0.2) is 0 Å². The summed E-state index contributed by atoms with van der Waals surface area (Å²) in [7, 11) is 2.09. The smallest absolute Gasteiger partial charge is 0.00383 e. The molecule has 0 spiro atoms. The van der Waals surface area contributed by atoms with Gasteiger partial charge >= 0.3 is 0 Å². The molecule has 1 saturated heterocycles. The average molecular weight is 290 g/mol. The van der Waals surface area contributed by atoms with Crippen molar-refractivity contribution in [1.29, 1.82) is 0 Å². The van der Waals surface area contributed by atoms with Gasteiger partial charge < -0.3 is 10.2 Å². The highest BCUT2D eigenvalue weighted by molar-refractivity contribution is 5.02. The summed E-state index contributed by atoms with van der Waals surface area (Å²) in [6.45, 7) is 5.43. The summed E-state index contributed by atoms with van der Waals surface area (Å²) in [6, 6.07) is 0. The maximum atomic E-state index is 3.32. The van der Waals surface area contributed by atoms with Crippen LogP contribution in [0.25, 0.3) is 0 Å². The second-order valence-corrected chi connectivity index (χ2v) is 9.03. The van der Waals surface area contributed by atoms with E-state index in [0.29, 0.717) is 0 Å². The molecule has 0 aromatic heterocycles. The lowest BCUT2D eigenvalue weighted by Crippen LogP contribution is -2.52. The Morgan fingerprint density at radius 2 is 1.52 bits per heavy atom. The lowest BCUT2D eigenvalue weighted by Gasteiger charge is -2.58. The van der Waals surface area contributed by atoms with Crippen molar-refractivity contribution in [2.75, 3.05) is 33.2 Å². The van der Waals surface area contributed by atoms with Gasteiger partial charge in [-0.15, -0.1) is 0 Å².